The van der Waals surface area contributed by atoms with Crippen molar-refractivity contribution in [2.24, 2.45) is 0 Å². The molecule has 0 spiro atoms. The van der Waals surface area contributed by atoms with E-state index in [9.17, 15) is 23.5 Å². The van der Waals surface area contributed by atoms with Gasteiger partial charge < -0.3 is 15.2 Å². The van der Waals surface area contributed by atoms with E-state index in [4.69, 9.17) is 4.74 Å². The Morgan fingerprint density at radius 1 is 1.17 bits per heavy atom. The minimum absolute atomic E-state index is 0.0896. The summed E-state index contributed by atoms with van der Waals surface area (Å²) in [4.78, 5) is 23.9. The van der Waals surface area contributed by atoms with Crippen molar-refractivity contribution in [3.05, 3.63) is 59.2 Å². The largest absolute Gasteiger partial charge is 0.507 e. The van der Waals surface area contributed by atoms with Crippen molar-refractivity contribution in [1.29, 1.82) is 0 Å². The van der Waals surface area contributed by atoms with E-state index in [1.807, 2.05) is 0 Å². The van der Waals surface area contributed by atoms with E-state index < -0.39 is 29.6 Å². The Morgan fingerprint density at radius 2 is 1.88 bits per heavy atom. The van der Waals surface area contributed by atoms with Crippen LogP contribution in [-0.2, 0) is 9.53 Å². The number of hydrogen-bond acceptors (Lipinski definition) is 4. The molecule has 2 aromatic rings. The van der Waals surface area contributed by atoms with Crippen molar-refractivity contribution in [3.63, 3.8) is 0 Å². The van der Waals surface area contributed by atoms with E-state index >= 15 is 0 Å². The Labute approximate surface area is 136 Å². The second-order valence-corrected chi connectivity index (χ2v) is 5.18. The lowest BCUT2D eigenvalue weighted by atomic mass is 10.1. The number of aryl methyl sites for hydroxylation is 1. The Balaban J connectivity index is 2.04. The van der Waals surface area contributed by atoms with Crippen LogP contribution >= 0.6 is 0 Å². The summed E-state index contributed by atoms with van der Waals surface area (Å²) in [6.45, 7) is 3.03. The van der Waals surface area contributed by atoms with Crippen LogP contribution < -0.4 is 5.32 Å². The Morgan fingerprint density at radius 3 is 2.50 bits per heavy atom. The highest BCUT2D eigenvalue weighted by Gasteiger charge is 2.22. The number of carbonyl (C=O) groups excluding carboxylic acids is 2. The summed E-state index contributed by atoms with van der Waals surface area (Å²) >= 11 is 0. The van der Waals surface area contributed by atoms with Crippen LogP contribution in [0, 0.1) is 18.6 Å². The van der Waals surface area contributed by atoms with Gasteiger partial charge in [0.1, 0.15) is 22.9 Å². The highest BCUT2D eigenvalue weighted by molar-refractivity contribution is 5.98. The second kappa shape index (κ2) is 7.08. The van der Waals surface area contributed by atoms with Crippen LogP contribution in [0.2, 0.25) is 0 Å². The zero-order chi connectivity index (χ0) is 17.9. The number of ether oxygens (including phenoxy) is 1. The number of amides is 1. The minimum Gasteiger partial charge on any atom is -0.507 e. The number of phenols is 1. The normalized spacial score (nSPS) is 11.7. The van der Waals surface area contributed by atoms with Gasteiger partial charge in [-0.15, -0.1) is 0 Å². The lowest BCUT2D eigenvalue weighted by molar-refractivity contribution is -0.123. The van der Waals surface area contributed by atoms with Crippen molar-refractivity contribution in [3.8, 4) is 5.75 Å². The molecule has 7 heteroatoms. The second-order valence-electron chi connectivity index (χ2n) is 5.18. The molecular formula is C17H15F2NO4. The van der Waals surface area contributed by atoms with E-state index in [-0.39, 0.29) is 17.0 Å². The van der Waals surface area contributed by atoms with Gasteiger partial charge in [-0.05, 0) is 43.7 Å². The molecule has 5 nitrogen and oxygen atoms in total. The number of nitrogens with one attached hydrogen (secondary N) is 1. The number of phenolic OH excluding ortho intramolecular Hbond substituents is 1. The zero-order valence-electron chi connectivity index (χ0n) is 13.0. The first-order chi connectivity index (χ1) is 11.3. The van der Waals surface area contributed by atoms with Gasteiger partial charge in [0.25, 0.3) is 5.91 Å². The molecule has 0 saturated carbocycles. The molecule has 2 rings (SSSR count). The van der Waals surface area contributed by atoms with Gasteiger partial charge in [-0.1, -0.05) is 6.07 Å². The predicted octanol–water partition coefficient (Wildman–Crippen LogP) is 3.16. The first kappa shape index (κ1) is 17.4. The maximum absolute atomic E-state index is 13.5. The molecule has 24 heavy (non-hydrogen) atoms. The molecule has 0 aliphatic heterocycles. The van der Waals surface area contributed by atoms with Gasteiger partial charge in [0.15, 0.2) is 6.10 Å². The van der Waals surface area contributed by atoms with Gasteiger partial charge in [-0.2, -0.15) is 0 Å². The van der Waals surface area contributed by atoms with Crippen molar-refractivity contribution in [2.75, 3.05) is 5.32 Å². The van der Waals surface area contributed by atoms with Crippen molar-refractivity contribution in [1.82, 2.24) is 0 Å². The molecule has 0 fully saturated rings. The summed E-state index contributed by atoms with van der Waals surface area (Å²) in [6, 6.07) is 7.03. The zero-order valence-corrected chi connectivity index (χ0v) is 13.0. The molecule has 0 aromatic heterocycles. The summed E-state index contributed by atoms with van der Waals surface area (Å²) in [5.41, 5.74) is 0.428. The SMILES string of the molecule is Cc1ccc(C(=O)OC(C)C(=O)Nc2ccc(F)cc2F)c(O)c1. The van der Waals surface area contributed by atoms with Gasteiger partial charge in [-0.3, -0.25) is 4.79 Å². The van der Waals surface area contributed by atoms with Crippen molar-refractivity contribution >= 4 is 17.6 Å². The molecule has 0 bridgehead atoms. The smallest absolute Gasteiger partial charge is 0.342 e. The Kier molecular flexibility index (Phi) is 5.13. The van der Waals surface area contributed by atoms with E-state index in [2.05, 4.69) is 5.32 Å². The molecule has 0 heterocycles. The molecule has 1 unspecified atom stereocenters. The molecule has 2 N–H and O–H groups in total. The summed E-state index contributed by atoms with van der Waals surface area (Å²) in [5.74, 6) is -3.68. The molecule has 1 amide bonds. The highest BCUT2D eigenvalue weighted by atomic mass is 19.1. The van der Waals surface area contributed by atoms with Gasteiger partial charge in [0, 0.05) is 6.07 Å². The third-order valence-corrected chi connectivity index (χ3v) is 3.22. The van der Waals surface area contributed by atoms with Crippen LogP contribution in [0.4, 0.5) is 14.5 Å². The van der Waals surface area contributed by atoms with Gasteiger partial charge in [0.2, 0.25) is 0 Å². The highest BCUT2D eigenvalue weighted by Crippen LogP contribution is 2.20. The number of rotatable bonds is 4. The number of esters is 1. The van der Waals surface area contributed by atoms with Gasteiger partial charge in [0.05, 0.1) is 5.69 Å². The lowest BCUT2D eigenvalue weighted by Gasteiger charge is -2.14. The number of carbonyl (C=O) groups is 2. The number of hydrogen-bond donors (Lipinski definition) is 2. The van der Waals surface area contributed by atoms with E-state index in [1.54, 1.807) is 13.0 Å². The summed E-state index contributed by atoms with van der Waals surface area (Å²) in [6.07, 6.45) is -1.25. The quantitative estimate of drug-likeness (QED) is 0.842. The average Bonchev–Trinajstić information content (AvgIpc) is 2.49. The fourth-order valence-corrected chi connectivity index (χ4v) is 1.92. The van der Waals surface area contributed by atoms with Crippen LogP contribution in [-0.4, -0.2) is 23.1 Å². The number of aromatic hydroxyl groups is 1. The van der Waals surface area contributed by atoms with Crippen LogP contribution in [0.3, 0.4) is 0 Å². The first-order valence-electron chi connectivity index (χ1n) is 7.04. The molecule has 0 radical (unpaired) electrons. The third kappa shape index (κ3) is 4.07. The predicted molar refractivity (Wildman–Crippen MR) is 82.7 cm³/mol. The van der Waals surface area contributed by atoms with Crippen molar-refractivity contribution < 1.29 is 28.2 Å². The molecule has 0 aliphatic carbocycles. The molecular weight excluding hydrogens is 320 g/mol. The summed E-state index contributed by atoms with van der Waals surface area (Å²) in [5, 5.41) is 11.9. The van der Waals surface area contributed by atoms with Gasteiger partial charge >= 0.3 is 5.97 Å². The minimum atomic E-state index is -1.25. The van der Waals surface area contributed by atoms with E-state index in [0.29, 0.717) is 6.07 Å². The van der Waals surface area contributed by atoms with Crippen LogP contribution in [0.1, 0.15) is 22.8 Å². The fraction of sp³-hybridized carbons (Fsp3) is 0.176. The molecule has 2 aromatic carbocycles. The average molecular weight is 335 g/mol. The van der Waals surface area contributed by atoms with Crippen LogP contribution in [0.5, 0.6) is 5.75 Å². The molecule has 0 saturated heterocycles. The maximum atomic E-state index is 13.5. The topological polar surface area (TPSA) is 75.6 Å². The Bertz CT molecular complexity index is 792. The molecule has 0 aliphatic rings. The number of halogens is 2. The lowest BCUT2D eigenvalue weighted by Crippen LogP contribution is -2.30. The van der Waals surface area contributed by atoms with E-state index in [0.717, 1.165) is 17.7 Å². The first-order valence-corrected chi connectivity index (χ1v) is 7.04. The maximum Gasteiger partial charge on any atom is 0.342 e. The van der Waals surface area contributed by atoms with Crippen LogP contribution in [0.25, 0.3) is 0 Å². The Hall–Kier alpha value is -2.96. The standard InChI is InChI=1S/C17H15F2NO4/c1-9-3-5-12(15(21)7-9)17(23)24-10(2)16(22)20-14-6-4-11(18)8-13(14)19/h3-8,10,21H,1-2H3,(H,20,22). The summed E-state index contributed by atoms with van der Waals surface area (Å²) in [7, 11) is 0. The molecule has 126 valence electrons. The number of benzene rings is 2. The van der Waals surface area contributed by atoms with Gasteiger partial charge in [-0.25, -0.2) is 13.6 Å². The van der Waals surface area contributed by atoms with E-state index in [1.165, 1.54) is 19.1 Å². The third-order valence-electron chi connectivity index (χ3n) is 3.22. The monoisotopic (exact) mass is 335 g/mol. The fourth-order valence-electron chi connectivity index (χ4n) is 1.92. The van der Waals surface area contributed by atoms with Crippen LogP contribution in [0.15, 0.2) is 36.4 Å². The number of anilines is 1. The molecule has 1 atom stereocenters. The van der Waals surface area contributed by atoms with Crippen molar-refractivity contribution in [2.45, 2.75) is 20.0 Å². The summed E-state index contributed by atoms with van der Waals surface area (Å²) < 4.78 is 31.3.